The van der Waals surface area contributed by atoms with E-state index in [1.54, 1.807) is 6.08 Å². The first-order chi connectivity index (χ1) is 9.34. The lowest BCUT2D eigenvalue weighted by atomic mass is 10.2. The normalized spacial score (nSPS) is 11.8. The first kappa shape index (κ1) is 17.1. The first-order valence-electron chi connectivity index (χ1n) is 6.09. The Hall–Kier alpha value is -0.950. The molecule has 4 nitrogen and oxygen atoms in total. The number of hydrogen-bond acceptors (Lipinski definition) is 3. The van der Waals surface area contributed by atoms with Crippen LogP contribution in [0.3, 0.4) is 0 Å². The van der Waals surface area contributed by atoms with Crippen molar-refractivity contribution in [3.05, 3.63) is 41.2 Å². The molecule has 0 aliphatic heterocycles. The van der Waals surface area contributed by atoms with Gasteiger partial charge in [0.05, 0.1) is 0 Å². The monoisotopic (exact) mass is 320 g/mol. The SMILES string of the molecule is C=CCCCN(C)S(=O)(=O)c1cc(Cl)cc(CN)c1F. The molecule has 0 saturated carbocycles. The van der Waals surface area contributed by atoms with Crippen molar-refractivity contribution in [2.24, 2.45) is 5.73 Å². The van der Waals surface area contributed by atoms with Crippen molar-refractivity contribution < 1.29 is 12.8 Å². The molecule has 0 spiro atoms. The number of halogens is 2. The quantitative estimate of drug-likeness (QED) is 0.620. The molecule has 7 heteroatoms. The third kappa shape index (κ3) is 3.79. The van der Waals surface area contributed by atoms with Gasteiger partial charge in [-0.2, -0.15) is 0 Å². The van der Waals surface area contributed by atoms with Crippen LogP contribution in [0.5, 0.6) is 0 Å². The van der Waals surface area contributed by atoms with Crippen molar-refractivity contribution in [1.82, 2.24) is 4.31 Å². The molecule has 0 unspecified atom stereocenters. The van der Waals surface area contributed by atoms with Crippen molar-refractivity contribution in [3.8, 4) is 0 Å². The number of unbranched alkanes of at least 4 members (excludes halogenated alkanes) is 1. The summed E-state index contributed by atoms with van der Waals surface area (Å²) in [5, 5.41) is 0.143. The maximum Gasteiger partial charge on any atom is 0.245 e. The second kappa shape index (κ2) is 7.17. The van der Waals surface area contributed by atoms with Crippen molar-refractivity contribution in [3.63, 3.8) is 0 Å². The molecule has 0 saturated heterocycles. The lowest BCUT2D eigenvalue weighted by Crippen LogP contribution is -2.29. The van der Waals surface area contributed by atoms with E-state index in [1.807, 2.05) is 0 Å². The van der Waals surface area contributed by atoms with Crippen LogP contribution in [0.4, 0.5) is 4.39 Å². The summed E-state index contributed by atoms with van der Waals surface area (Å²) in [6.07, 6.45) is 3.00. The van der Waals surface area contributed by atoms with Gasteiger partial charge in [-0.1, -0.05) is 17.7 Å². The minimum absolute atomic E-state index is 0.0792. The lowest BCUT2D eigenvalue weighted by Gasteiger charge is -2.18. The number of nitrogens with zero attached hydrogens (tertiary/aromatic N) is 1. The number of nitrogens with two attached hydrogens (primary N) is 1. The second-order valence-electron chi connectivity index (χ2n) is 4.34. The summed E-state index contributed by atoms with van der Waals surface area (Å²) in [5.41, 5.74) is 5.47. The Morgan fingerprint density at radius 3 is 2.70 bits per heavy atom. The van der Waals surface area contributed by atoms with Crippen LogP contribution in [0, 0.1) is 5.82 Å². The zero-order valence-corrected chi connectivity index (χ0v) is 12.8. The van der Waals surface area contributed by atoms with E-state index < -0.39 is 20.7 Å². The van der Waals surface area contributed by atoms with Gasteiger partial charge in [0.25, 0.3) is 0 Å². The van der Waals surface area contributed by atoms with Gasteiger partial charge in [-0.05, 0) is 25.0 Å². The van der Waals surface area contributed by atoms with E-state index in [0.717, 1.165) is 10.4 Å². The molecule has 112 valence electrons. The van der Waals surface area contributed by atoms with Crippen molar-refractivity contribution in [2.45, 2.75) is 24.3 Å². The maximum atomic E-state index is 14.1. The summed E-state index contributed by atoms with van der Waals surface area (Å²) in [4.78, 5) is -0.438. The van der Waals surface area contributed by atoms with Gasteiger partial charge in [-0.15, -0.1) is 6.58 Å². The summed E-state index contributed by atoms with van der Waals surface area (Å²) in [6.45, 7) is 3.73. The fraction of sp³-hybridized carbons (Fsp3) is 0.385. The molecular formula is C13H18ClFN2O2S. The Kier molecular flexibility index (Phi) is 6.13. The fourth-order valence-corrected chi connectivity index (χ4v) is 3.35. The largest absolute Gasteiger partial charge is 0.326 e. The van der Waals surface area contributed by atoms with Crippen LogP contribution in [0.15, 0.2) is 29.7 Å². The highest BCUT2D eigenvalue weighted by atomic mass is 35.5. The Balaban J connectivity index is 3.15. The van der Waals surface area contributed by atoms with E-state index in [9.17, 15) is 12.8 Å². The van der Waals surface area contributed by atoms with E-state index in [1.165, 1.54) is 13.1 Å². The summed E-state index contributed by atoms with van der Waals surface area (Å²) in [6, 6.07) is 2.43. The number of rotatable bonds is 7. The molecule has 0 bridgehead atoms. The van der Waals surface area contributed by atoms with Crippen molar-refractivity contribution in [1.29, 1.82) is 0 Å². The zero-order chi connectivity index (χ0) is 15.3. The van der Waals surface area contributed by atoms with Crippen molar-refractivity contribution in [2.75, 3.05) is 13.6 Å². The van der Waals surface area contributed by atoms with E-state index in [2.05, 4.69) is 6.58 Å². The first-order valence-corrected chi connectivity index (χ1v) is 7.91. The smallest absolute Gasteiger partial charge is 0.245 e. The second-order valence-corrected chi connectivity index (χ2v) is 6.79. The molecule has 0 aliphatic rings. The van der Waals surface area contributed by atoms with Gasteiger partial charge in [0.2, 0.25) is 10.0 Å². The molecule has 20 heavy (non-hydrogen) atoms. The predicted octanol–water partition coefficient (Wildman–Crippen LogP) is 2.52. The Morgan fingerprint density at radius 1 is 1.50 bits per heavy atom. The predicted molar refractivity (Wildman–Crippen MR) is 78.5 cm³/mol. The molecular weight excluding hydrogens is 303 g/mol. The Morgan fingerprint density at radius 2 is 2.15 bits per heavy atom. The van der Waals surface area contributed by atoms with E-state index in [-0.39, 0.29) is 23.7 Å². The van der Waals surface area contributed by atoms with Gasteiger partial charge >= 0.3 is 0 Å². The number of sulfonamides is 1. The van der Waals surface area contributed by atoms with Crippen LogP contribution in [-0.2, 0) is 16.6 Å². The molecule has 1 rings (SSSR count). The minimum atomic E-state index is -3.92. The Labute approximate surface area is 124 Å². The minimum Gasteiger partial charge on any atom is -0.326 e. The molecule has 0 heterocycles. The molecule has 0 aliphatic carbocycles. The van der Waals surface area contributed by atoms with Crippen molar-refractivity contribution >= 4 is 21.6 Å². The van der Waals surface area contributed by atoms with Crippen LogP contribution in [0.1, 0.15) is 18.4 Å². The third-order valence-electron chi connectivity index (χ3n) is 2.87. The average molecular weight is 321 g/mol. The maximum absolute atomic E-state index is 14.1. The molecule has 2 N–H and O–H groups in total. The molecule has 1 aromatic rings. The number of hydrogen-bond donors (Lipinski definition) is 1. The topological polar surface area (TPSA) is 63.4 Å². The van der Waals surface area contributed by atoms with Gasteiger partial charge in [0.1, 0.15) is 10.7 Å². The van der Waals surface area contributed by atoms with Crippen LogP contribution in [-0.4, -0.2) is 26.3 Å². The van der Waals surface area contributed by atoms with Crippen LogP contribution in [0.2, 0.25) is 5.02 Å². The van der Waals surface area contributed by atoms with Gasteiger partial charge in [0, 0.05) is 30.7 Å². The van der Waals surface area contributed by atoms with Crippen LogP contribution in [0.25, 0.3) is 0 Å². The number of benzene rings is 1. The van der Waals surface area contributed by atoms with Gasteiger partial charge in [-0.25, -0.2) is 17.1 Å². The Bertz CT molecular complexity index is 590. The number of allylic oxidation sites excluding steroid dienone is 1. The van der Waals surface area contributed by atoms with Gasteiger partial charge in [-0.3, -0.25) is 0 Å². The molecule has 0 fully saturated rings. The molecule has 0 radical (unpaired) electrons. The highest BCUT2D eigenvalue weighted by molar-refractivity contribution is 7.89. The molecule has 1 aromatic carbocycles. The summed E-state index contributed by atoms with van der Waals surface area (Å²) < 4.78 is 39.9. The fourth-order valence-electron chi connectivity index (χ4n) is 1.70. The lowest BCUT2D eigenvalue weighted by molar-refractivity contribution is 0.455. The van der Waals surface area contributed by atoms with E-state index in [0.29, 0.717) is 12.8 Å². The van der Waals surface area contributed by atoms with Gasteiger partial charge in [0.15, 0.2) is 0 Å². The summed E-state index contributed by atoms with van der Waals surface area (Å²) in [7, 11) is -2.52. The molecule has 0 atom stereocenters. The van der Waals surface area contributed by atoms with E-state index in [4.69, 9.17) is 17.3 Å². The summed E-state index contributed by atoms with van der Waals surface area (Å²) in [5.74, 6) is -0.840. The highest BCUT2D eigenvalue weighted by Crippen LogP contribution is 2.25. The summed E-state index contributed by atoms with van der Waals surface area (Å²) >= 11 is 5.82. The standard InChI is InChI=1S/C13H18ClFN2O2S/c1-3-4-5-6-17(2)20(18,19)12-8-11(14)7-10(9-16)13(12)15/h3,7-8H,1,4-6,9,16H2,2H3. The molecule has 0 amide bonds. The van der Waals surface area contributed by atoms with Crippen LogP contribution < -0.4 is 5.73 Å². The third-order valence-corrected chi connectivity index (χ3v) is 4.94. The van der Waals surface area contributed by atoms with Crippen LogP contribution >= 0.6 is 11.6 Å². The highest BCUT2D eigenvalue weighted by Gasteiger charge is 2.26. The van der Waals surface area contributed by atoms with Gasteiger partial charge < -0.3 is 5.73 Å². The molecule has 0 aromatic heterocycles. The average Bonchev–Trinajstić information content (AvgIpc) is 2.40. The van der Waals surface area contributed by atoms with E-state index >= 15 is 0 Å². The zero-order valence-electron chi connectivity index (χ0n) is 11.3.